The van der Waals surface area contributed by atoms with Crippen LogP contribution >= 0.6 is 24.0 Å². The van der Waals surface area contributed by atoms with Gasteiger partial charge in [-0.3, -0.25) is 9.67 Å². The molecule has 6 nitrogen and oxygen atoms in total. The van der Waals surface area contributed by atoms with E-state index >= 15 is 0 Å². The van der Waals surface area contributed by atoms with Gasteiger partial charge in [-0.25, -0.2) is 0 Å². The first kappa shape index (κ1) is 18.3. The van der Waals surface area contributed by atoms with Gasteiger partial charge in [-0.15, -0.1) is 24.0 Å². The van der Waals surface area contributed by atoms with Crippen molar-refractivity contribution in [3.8, 4) is 5.75 Å². The van der Waals surface area contributed by atoms with Crippen molar-refractivity contribution in [2.45, 2.75) is 13.5 Å². The average Bonchev–Trinajstić information content (AvgIpc) is 2.99. The van der Waals surface area contributed by atoms with Crippen LogP contribution in [0.15, 0.2) is 47.7 Å². The van der Waals surface area contributed by atoms with Crippen LogP contribution in [0.1, 0.15) is 6.92 Å². The molecule has 22 heavy (non-hydrogen) atoms. The van der Waals surface area contributed by atoms with Crippen molar-refractivity contribution in [2.24, 2.45) is 16.6 Å². The highest BCUT2D eigenvalue weighted by molar-refractivity contribution is 14.0. The summed E-state index contributed by atoms with van der Waals surface area (Å²) in [7, 11) is 1.64. The third-order valence-corrected chi connectivity index (χ3v) is 2.99. The number of hydrogen-bond acceptors (Lipinski definition) is 3. The Labute approximate surface area is 147 Å². The van der Waals surface area contributed by atoms with Crippen LogP contribution in [0.4, 0.5) is 5.69 Å². The molecule has 0 radical (unpaired) electrons. The summed E-state index contributed by atoms with van der Waals surface area (Å²) in [4.78, 5) is 4.35. The van der Waals surface area contributed by atoms with E-state index in [0.29, 0.717) is 18.4 Å². The first-order valence-corrected chi connectivity index (χ1v) is 6.86. The molecule has 1 aromatic carbocycles. The average molecular weight is 415 g/mol. The van der Waals surface area contributed by atoms with E-state index < -0.39 is 0 Å². The van der Waals surface area contributed by atoms with Crippen LogP contribution in [0.5, 0.6) is 5.75 Å². The number of ether oxygens (including phenoxy) is 1. The molecule has 0 saturated carbocycles. The topological polar surface area (TPSA) is 77.5 Å². The van der Waals surface area contributed by atoms with Crippen molar-refractivity contribution in [1.29, 1.82) is 0 Å². The fourth-order valence-corrected chi connectivity index (χ4v) is 1.90. The summed E-state index contributed by atoms with van der Waals surface area (Å²) in [6.07, 6.45) is 3.72. The van der Waals surface area contributed by atoms with E-state index in [1.165, 1.54) is 0 Å². The van der Waals surface area contributed by atoms with Gasteiger partial charge in [0.15, 0.2) is 5.96 Å². The zero-order chi connectivity index (χ0) is 15.1. The lowest BCUT2D eigenvalue weighted by Crippen LogP contribution is -2.24. The van der Waals surface area contributed by atoms with Gasteiger partial charge in [-0.2, -0.15) is 5.10 Å². The molecule has 1 atom stereocenters. The van der Waals surface area contributed by atoms with Gasteiger partial charge < -0.3 is 15.8 Å². The zero-order valence-corrected chi connectivity index (χ0v) is 15.1. The van der Waals surface area contributed by atoms with Crippen LogP contribution in [0.3, 0.4) is 0 Å². The SMILES string of the molecule is COc1ccc(NC(N)=NCC(C)Cn2cccn2)cc1.I. The second-order valence-electron chi connectivity index (χ2n) is 4.91. The Balaban J connectivity index is 0.00000242. The quantitative estimate of drug-likeness (QED) is 0.432. The summed E-state index contributed by atoms with van der Waals surface area (Å²) in [5.74, 6) is 1.58. The smallest absolute Gasteiger partial charge is 0.193 e. The van der Waals surface area contributed by atoms with Gasteiger partial charge in [0, 0.05) is 31.2 Å². The van der Waals surface area contributed by atoms with Gasteiger partial charge in [0.05, 0.1) is 7.11 Å². The van der Waals surface area contributed by atoms with Gasteiger partial charge in [-0.05, 0) is 36.2 Å². The largest absolute Gasteiger partial charge is 0.497 e. The summed E-state index contributed by atoms with van der Waals surface area (Å²) in [5, 5.41) is 7.23. The molecule has 3 N–H and O–H groups in total. The van der Waals surface area contributed by atoms with E-state index in [4.69, 9.17) is 10.5 Å². The van der Waals surface area contributed by atoms with E-state index in [-0.39, 0.29) is 24.0 Å². The number of rotatable bonds is 6. The zero-order valence-electron chi connectivity index (χ0n) is 12.8. The molecule has 0 aliphatic carbocycles. The maximum absolute atomic E-state index is 5.88. The molecule has 1 heterocycles. The van der Waals surface area contributed by atoms with Gasteiger partial charge >= 0.3 is 0 Å². The molecular weight excluding hydrogens is 393 g/mol. The number of methoxy groups -OCH3 is 1. The van der Waals surface area contributed by atoms with Crippen molar-refractivity contribution < 1.29 is 4.74 Å². The number of nitrogens with two attached hydrogens (primary N) is 1. The molecule has 0 aliphatic rings. The van der Waals surface area contributed by atoms with E-state index in [1.54, 1.807) is 13.3 Å². The van der Waals surface area contributed by atoms with Crippen molar-refractivity contribution in [2.75, 3.05) is 19.0 Å². The normalized spacial score (nSPS) is 12.4. The maximum atomic E-state index is 5.88. The minimum atomic E-state index is 0. The number of guanidine groups is 1. The van der Waals surface area contributed by atoms with Gasteiger partial charge in [0.2, 0.25) is 0 Å². The van der Waals surface area contributed by atoms with Crippen LogP contribution in [-0.4, -0.2) is 29.4 Å². The van der Waals surface area contributed by atoms with Gasteiger partial charge in [0.25, 0.3) is 0 Å². The minimum Gasteiger partial charge on any atom is -0.497 e. The first-order chi connectivity index (χ1) is 10.2. The summed E-state index contributed by atoms with van der Waals surface area (Å²) in [6.45, 7) is 3.59. The number of hydrogen-bond donors (Lipinski definition) is 2. The summed E-state index contributed by atoms with van der Waals surface area (Å²) >= 11 is 0. The predicted molar refractivity (Wildman–Crippen MR) is 99.9 cm³/mol. The predicted octanol–water partition coefficient (Wildman–Crippen LogP) is 2.57. The Morgan fingerprint density at radius 2 is 2.14 bits per heavy atom. The second kappa shape index (κ2) is 9.29. The molecular formula is C15H22IN5O. The molecule has 120 valence electrons. The molecule has 2 aromatic rings. The molecule has 0 bridgehead atoms. The Hall–Kier alpha value is -1.77. The summed E-state index contributed by atoms with van der Waals surface area (Å²) in [5.41, 5.74) is 6.77. The lowest BCUT2D eigenvalue weighted by molar-refractivity contribution is 0.415. The number of nitrogens with zero attached hydrogens (tertiary/aromatic N) is 3. The molecule has 2 rings (SSSR count). The van der Waals surface area contributed by atoms with E-state index in [1.807, 2.05) is 41.2 Å². The number of benzene rings is 1. The fraction of sp³-hybridized carbons (Fsp3) is 0.333. The monoisotopic (exact) mass is 415 g/mol. The second-order valence-corrected chi connectivity index (χ2v) is 4.91. The van der Waals surface area contributed by atoms with E-state index in [0.717, 1.165) is 18.0 Å². The Kier molecular flexibility index (Phi) is 7.72. The van der Waals surface area contributed by atoms with Crippen molar-refractivity contribution in [3.63, 3.8) is 0 Å². The Bertz CT molecular complexity index is 568. The van der Waals surface area contributed by atoms with Crippen LogP contribution in [-0.2, 0) is 6.54 Å². The summed E-state index contributed by atoms with van der Waals surface area (Å²) < 4.78 is 7.00. The van der Waals surface area contributed by atoms with Crippen LogP contribution < -0.4 is 15.8 Å². The van der Waals surface area contributed by atoms with Gasteiger partial charge in [0.1, 0.15) is 5.75 Å². The number of aliphatic imine (C=N–C) groups is 1. The maximum Gasteiger partial charge on any atom is 0.193 e. The molecule has 1 unspecified atom stereocenters. The molecule has 7 heteroatoms. The van der Waals surface area contributed by atoms with E-state index in [9.17, 15) is 0 Å². The highest BCUT2D eigenvalue weighted by Crippen LogP contribution is 2.14. The van der Waals surface area contributed by atoms with Crippen molar-refractivity contribution in [3.05, 3.63) is 42.7 Å². The molecule has 1 aromatic heterocycles. The lowest BCUT2D eigenvalue weighted by Gasteiger charge is -2.10. The molecule has 0 aliphatic heterocycles. The molecule has 0 amide bonds. The lowest BCUT2D eigenvalue weighted by atomic mass is 10.2. The number of halogens is 1. The van der Waals surface area contributed by atoms with Crippen LogP contribution in [0.2, 0.25) is 0 Å². The van der Waals surface area contributed by atoms with Crippen molar-refractivity contribution >= 4 is 35.6 Å². The van der Waals surface area contributed by atoms with Crippen LogP contribution in [0, 0.1) is 5.92 Å². The molecule has 0 saturated heterocycles. The van der Waals surface area contributed by atoms with Crippen molar-refractivity contribution in [1.82, 2.24) is 9.78 Å². The Morgan fingerprint density at radius 3 is 2.73 bits per heavy atom. The Morgan fingerprint density at radius 1 is 1.41 bits per heavy atom. The number of aromatic nitrogens is 2. The standard InChI is InChI=1S/C15H21N5O.HI/c1-12(11-20-9-3-8-18-20)10-17-15(16)19-13-4-6-14(21-2)7-5-13;/h3-9,12H,10-11H2,1-2H3,(H3,16,17,19);1H. The van der Waals surface area contributed by atoms with Crippen LogP contribution in [0.25, 0.3) is 0 Å². The molecule has 0 fully saturated rings. The fourth-order valence-electron chi connectivity index (χ4n) is 1.90. The highest BCUT2D eigenvalue weighted by atomic mass is 127. The third-order valence-electron chi connectivity index (χ3n) is 2.99. The first-order valence-electron chi connectivity index (χ1n) is 6.86. The van der Waals surface area contributed by atoms with Gasteiger partial charge in [-0.1, -0.05) is 6.92 Å². The third kappa shape index (κ3) is 5.92. The minimum absolute atomic E-state index is 0. The highest BCUT2D eigenvalue weighted by Gasteiger charge is 2.03. The number of nitrogens with one attached hydrogen (secondary N) is 1. The summed E-state index contributed by atoms with van der Waals surface area (Å²) in [6, 6.07) is 9.45. The molecule has 0 spiro atoms. The van der Waals surface area contributed by atoms with E-state index in [2.05, 4.69) is 22.3 Å². The number of anilines is 1.